The van der Waals surface area contributed by atoms with Crippen LogP contribution in [0.4, 0.5) is 0 Å². The molecule has 0 saturated carbocycles. The molecule has 140 valence electrons. The fourth-order valence-corrected chi connectivity index (χ4v) is 3.50. The van der Waals surface area contributed by atoms with E-state index in [0.717, 1.165) is 5.56 Å². The molecule has 3 aromatic heterocycles. The number of carbonyl (C=O) groups is 1. The molecule has 1 saturated heterocycles. The summed E-state index contributed by atoms with van der Waals surface area (Å²) in [6.45, 7) is 6.13. The Bertz CT molecular complexity index is 1170. The molecule has 0 aromatic carbocycles. The molecule has 0 spiro atoms. The Hall–Kier alpha value is -3.00. The van der Waals surface area contributed by atoms with Gasteiger partial charge in [-0.05, 0) is 31.5 Å². The lowest BCUT2D eigenvalue weighted by atomic mass is 10.1. The summed E-state index contributed by atoms with van der Waals surface area (Å²) >= 11 is 0. The fraction of sp³-hybridized carbons (Fsp3) is 0.368. The van der Waals surface area contributed by atoms with Gasteiger partial charge in [0.15, 0.2) is 0 Å². The predicted molar refractivity (Wildman–Crippen MR) is 99.9 cm³/mol. The topological polar surface area (TPSA) is 92.7 Å². The van der Waals surface area contributed by atoms with Gasteiger partial charge < -0.3 is 14.2 Å². The van der Waals surface area contributed by atoms with Crippen LogP contribution in [-0.2, 0) is 11.3 Å². The van der Waals surface area contributed by atoms with Crippen molar-refractivity contribution in [2.45, 2.75) is 20.4 Å². The van der Waals surface area contributed by atoms with Crippen LogP contribution in [0.1, 0.15) is 22.8 Å². The van der Waals surface area contributed by atoms with Crippen molar-refractivity contribution in [3.8, 4) is 0 Å². The number of nitrogens with one attached hydrogen (secondary N) is 1. The minimum absolute atomic E-state index is 0.0753. The summed E-state index contributed by atoms with van der Waals surface area (Å²) in [6, 6.07) is 5.21. The highest BCUT2D eigenvalue weighted by molar-refractivity contribution is 5.97. The Kier molecular flexibility index (Phi) is 4.27. The number of hydrogen-bond donors (Lipinski definition) is 1. The molecule has 4 rings (SSSR count). The van der Waals surface area contributed by atoms with E-state index in [1.165, 1.54) is 10.5 Å². The maximum Gasteiger partial charge on any atom is 0.267 e. The highest BCUT2D eigenvalue weighted by Gasteiger charge is 2.23. The summed E-state index contributed by atoms with van der Waals surface area (Å²) in [7, 11) is 0. The van der Waals surface area contributed by atoms with E-state index in [1.54, 1.807) is 21.7 Å². The summed E-state index contributed by atoms with van der Waals surface area (Å²) < 4.78 is 8.41. The van der Waals surface area contributed by atoms with Crippen LogP contribution in [-0.4, -0.2) is 51.1 Å². The van der Waals surface area contributed by atoms with Gasteiger partial charge in [0.2, 0.25) is 0 Å². The number of nitrogens with zero attached hydrogens (tertiary/aromatic N) is 4. The van der Waals surface area contributed by atoms with Crippen molar-refractivity contribution in [3.63, 3.8) is 0 Å². The van der Waals surface area contributed by atoms with Crippen molar-refractivity contribution in [1.29, 1.82) is 5.41 Å². The number of ether oxygens (including phenoxy) is 1. The molecule has 4 heterocycles. The van der Waals surface area contributed by atoms with Crippen LogP contribution in [0.25, 0.3) is 16.7 Å². The summed E-state index contributed by atoms with van der Waals surface area (Å²) in [5.41, 5.74) is 1.92. The second-order valence-corrected chi connectivity index (χ2v) is 6.59. The largest absolute Gasteiger partial charge is 0.378 e. The first-order chi connectivity index (χ1) is 13.0. The molecule has 1 aliphatic rings. The van der Waals surface area contributed by atoms with Gasteiger partial charge in [-0.3, -0.25) is 19.4 Å². The van der Waals surface area contributed by atoms with E-state index in [0.29, 0.717) is 49.5 Å². The zero-order valence-electron chi connectivity index (χ0n) is 15.4. The van der Waals surface area contributed by atoms with E-state index in [2.05, 4.69) is 4.98 Å². The number of pyridine rings is 2. The van der Waals surface area contributed by atoms with Crippen LogP contribution in [0.5, 0.6) is 0 Å². The standard InChI is InChI=1S/C19H21N5O3/c1-3-23-15(20)13(18(25)22-7-9-27-10-8-22)11-14-17(23)21-16-12(2)5-4-6-24(16)19(14)26/h4-6,11,20H,3,7-10H2,1-2H3. The molecular formula is C19H21N5O3. The summed E-state index contributed by atoms with van der Waals surface area (Å²) in [5.74, 6) is -0.249. The van der Waals surface area contributed by atoms with Crippen LogP contribution >= 0.6 is 0 Å². The van der Waals surface area contributed by atoms with Gasteiger partial charge in [-0.1, -0.05) is 6.07 Å². The normalized spacial score (nSPS) is 14.8. The molecule has 8 heteroatoms. The Morgan fingerprint density at radius 1 is 1.30 bits per heavy atom. The molecule has 8 nitrogen and oxygen atoms in total. The Morgan fingerprint density at radius 2 is 2.04 bits per heavy atom. The third-order valence-corrected chi connectivity index (χ3v) is 4.98. The molecule has 0 aliphatic carbocycles. The van der Waals surface area contributed by atoms with Crippen molar-refractivity contribution in [2.24, 2.45) is 0 Å². The van der Waals surface area contributed by atoms with Gasteiger partial charge in [0, 0.05) is 25.8 Å². The summed E-state index contributed by atoms with van der Waals surface area (Å²) in [6.07, 6.45) is 1.67. The van der Waals surface area contributed by atoms with E-state index in [1.807, 2.05) is 19.9 Å². The number of hydrogen-bond acceptors (Lipinski definition) is 5. The van der Waals surface area contributed by atoms with E-state index >= 15 is 0 Å². The maximum absolute atomic E-state index is 13.1. The van der Waals surface area contributed by atoms with Gasteiger partial charge in [-0.15, -0.1) is 0 Å². The Labute approximate surface area is 155 Å². The zero-order valence-corrected chi connectivity index (χ0v) is 15.4. The molecule has 0 bridgehead atoms. The molecule has 0 unspecified atom stereocenters. The smallest absolute Gasteiger partial charge is 0.267 e. The minimum Gasteiger partial charge on any atom is -0.378 e. The third-order valence-electron chi connectivity index (χ3n) is 4.98. The first-order valence-corrected chi connectivity index (χ1v) is 9.00. The van der Waals surface area contributed by atoms with E-state index in [-0.39, 0.29) is 22.5 Å². The highest BCUT2D eigenvalue weighted by atomic mass is 16.5. The zero-order chi connectivity index (χ0) is 19.1. The molecule has 3 aromatic rings. The number of morpholine rings is 1. The van der Waals surface area contributed by atoms with Crippen LogP contribution in [0.3, 0.4) is 0 Å². The molecule has 1 N–H and O–H groups in total. The molecule has 0 radical (unpaired) electrons. The maximum atomic E-state index is 13.1. The number of rotatable bonds is 2. The molecule has 1 fully saturated rings. The van der Waals surface area contributed by atoms with Gasteiger partial charge >= 0.3 is 0 Å². The van der Waals surface area contributed by atoms with Gasteiger partial charge in [0.1, 0.15) is 16.8 Å². The second-order valence-electron chi connectivity index (χ2n) is 6.59. The average Bonchev–Trinajstić information content (AvgIpc) is 2.69. The van der Waals surface area contributed by atoms with E-state index in [9.17, 15) is 9.59 Å². The number of amides is 1. The monoisotopic (exact) mass is 367 g/mol. The van der Waals surface area contributed by atoms with Crippen molar-refractivity contribution in [1.82, 2.24) is 18.9 Å². The first-order valence-electron chi connectivity index (χ1n) is 9.00. The lowest BCUT2D eigenvalue weighted by Crippen LogP contribution is -2.43. The molecule has 0 atom stereocenters. The first kappa shape index (κ1) is 17.4. The average molecular weight is 367 g/mol. The Balaban J connectivity index is 2.02. The van der Waals surface area contributed by atoms with Crippen LogP contribution in [0, 0.1) is 12.3 Å². The number of carbonyl (C=O) groups excluding carboxylic acids is 1. The van der Waals surface area contributed by atoms with Crippen molar-refractivity contribution in [2.75, 3.05) is 26.3 Å². The molecular weight excluding hydrogens is 346 g/mol. The van der Waals surface area contributed by atoms with Crippen molar-refractivity contribution < 1.29 is 9.53 Å². The number of aromatic nitrogens is 3. The van der Waals surface area contributed by atoms with Crippen LogP contribution < -0.4 is 11.0 Å². The second kappa shape index (κ2) is 6.62. The molecule has 1 aliphatic heterocycles. The van der Waals surface area contributed by atoms with Gasteiger partial charge in [-0.25, -0.2) is 4.98 Å². The van der Waals surface area contributed by atoms with Crippen molar-refractivity contribution in [3.05, 3.63) is 51.4 Å². The molecule has 27 heavy (non-hydrogen) atoms. The minimum atomic E-state index is -0.249. The predicted octanol–water partition coefficient (Wildman–Crippen LogP) is 0.929. The van der Waals surface area contributed by atoms with Crippen LogP contribution in [0.15, 0.2) is 29.2 Å². The summed E-state index contributed by atoms with van der Waals surface area (Å²) in [5, 5.41) is 8.89. The molecule has 1 amide bonds. The fourth-order valence-electron chi connectivity index (χ4n) is 3.50. The number of aryl methyl sites for hydroxylation is 2. The van der Waals surface area contributed by atoms with E-state index in [4.69, 9.17) is 10.1 Å². The van der Waals surface area contributed by atoms with Crippen molar-refractivity contribution >= 4 is 22.6 Å². The highest BCUT2D eigenvalue weighted by Crippen LogP contribution is 2.14. The van der Waals surface area contributed by atoms with Crippen LogP contribution in [0.2, 0.25) is 0 Å². The SMILES string of the molecule is CCn1c(=N)c(C(=O)N2CCOCC2)cc2c(=O)n3cccc(C)c3nc21. The third kappa shape index (κ3) is 2.73. The Morgan fingerprint density at radius 3 is 2.74 bits per heavy atom. The van der Waals surface area contributed by atoms with Gasteiger partial charge in [0.05, 0.1) is 24.2 Å². The van der Waals surface area contributed by atoms with E-state index < -0.39 is 0 Å². The summed E-state index contributed by atoms with van der Waals surface area (Å²) in [4.78, 5) is 32.4. The quantitative estimate of drug-likeness (QED) is 0.682. The lowest BCUT2D eigenvalue weighted by Gasteiger charge is -2.27. The lowest BCUT2D eigenvalue weighted by molar-refractivity contribution is 0.0301. The van der Waals surface area contributed by atoms with Gasteiger partial charge in [-0.2, -0.15) is 0 Å². The van der Waals surface area contributed by atoms with Gasteiger partial charge in [0.25, 0.3) is 11.5 Å². The number of fused-ring (bicyclic) bond motifs is 2.